The third-order valence-electron chi connectivity index (χ3n) is 3.39. The van der Waals surface area contributed by atoms with Crippen LogP contribution in [-0.2, 0) is 9.53 Å². The molecule has 0 unspecified atom stereocenters. The number of amides is 2. The molecule has 0 fully saturated rings. The lowest BCUT2D eigenvalue weighted by Gasteiger charge is -2.14. The zero-order valence-corrected chi connectivity index (χ0v) is 13.2. The maximum atomic E-state index is 12.1. The number of nitrogens with zero attached hydrogens (tertiary/aromatic N) is 1. The smallest absolute Gasteiger partial charge is 0.345 e. The molecular formula is C17H12ClNO5. The lowest BCUT2D eigenvalue weighted by molar-refractivity contribution is -0.148. The summed E-state index contributed by atoms with van der Waals surface area (Å²) in [5, 5.41) is 0.479. The van der Waals surface area contributed by atoms with Gasteiger partial charge in [0.1, 0.15) is 5.75 Å². The summed E-state index contributed by atoms with van der Waals surface area (Å²) in [6, 6.07) is 13.0. The second-order valence-corrected chi connectivity index (χ2v) is 5.41. The SMILES string of the molecule is O=C(COc1cccc(Cl)c1)OCN1C(=O)c2ccccc2C1=O. The van der Waals surface area contributed by atoms with Crippen molar-refractivity contribution in [2.75, 3.05) is 13.3 Å². The van der Waals surface area contributed by atoms with Gasteiger partial charge in [-0.05, 0) is 30.3 Å². The summed E-state index contributed by atoms with van der Waals surface area (Å²) in [6.45, 7) is -0.812. The molecule has 6 nitrogen and oxygen atoms in total. The molecule has 0 atom stereocenters. The Bertz CT molecular complexity index is 785. The Labute approximate surface area is 142 Å². The van der Waals surface area contributed by atoms with Gasteiger partial charge in [0.2, 0.25) is 0 Å². The summed E-state index contributed by atoms with van der Waals surface area (Å²) >= 11 is 5.81. The minimum Gasteiger partial charge on any atom is -0.482 e. The fourth-order valence-electron chi connectivity index (χ4n) is 2.23. The van der Waals surface area contributed by atoms with E-state index in [9.17, 15) is 14.4 Å². The Kier molecular flexibility index (Phi) is 4.48. The second-order valence-electron chi connectivity index (χ2n) is 4.98. The number of carbonyl (C=O) groups is 3. The first-order valence-corrected chi connectivity index (χ1v) is 7.43. The Morgan fingerprint density at radius 1 is 1.00 bits per heavy atom. The number of hydrogen-bond donors (Lipinski definition) is 0. The molecule has 3 rings (SSSR count). The summed E-state index contributed by atoms with van der Waals surface area (Å²) < 4.78 is 10.2. The van der Waals surface area contributed by atoms with Crippen molar-refractivity contribution in [3.63, 3.8) is 0 Å². The number of rotatable bonds is 5. The van der Waals surface area contributed by atoms with Gasteiger partial charge in [0.15, 0.2) is 13.3 Å². The number of imide groups is 1. The highest BCUT2D eigenvalue weighted by molar-refractivity contribution is 6.30. The Morgan fingerprint density at radius 2 is 1.67 bits per heavy atom. The van der Waals surface area contributed by atoms with Crippen molar-refractivity contribution in [3.8, 4) is 5.75 Å². The largest absolute Gasteiger partial charge is 0.482 e. The minimum absolute atomic E-state index is 0.300. The van der Waals surface area contributed by atoms with E-state index in [4.69, 9.17) is 21.1 Å². The molecule has 0 saturated heterocycles. The van der Waals surface area contributed by atoms with Crippen molar-refractivity contribution in [2.45, 2.75) is 0 Å². The highest BCUT2D eigenvalue weighted by Crippen LogP contribution is 2.22. The van der Waals surface area contributed by atoms with Gasteiger partial charge in [-0.3, -0.25) is 9.59 Å². The molecule has 0 bridgehead atoms. The topological polar surface area (TPSA) is 72.9 Å². The van der Waals surface area contributed by atoms with E-state index in [1.807, 2.05) is 0 Å². The van der Waals surface area contributed by atoms with Crippen LogP contribution in [0.3, 0.4) is 0 Å². The molecule has 2 amide bonds. The molecule has 0 saturated carbocycles. The second kappa shape index (κ2) is 6.72. The van der Waals surface area contributed by atoms with Gasteiger partial charge >= 0.3 is 5.97 Å². The molecule has 24 heavy (non-hydrogen) atoms. The fraction of sp³-hybridized carbons (Fsp3) is 0.118. The number of carbonyl (C=O) groups excluding carboxylic acids is 3. The standard InChI is InChI=1S/C17H12ClNO5/c18-11-4-3-5-12(8-11)23-9-15(20)24-10-19-16(21)13-6-1-2-7-14(13)17(19)22/h1-8H,9-10H2. The van der Waals surface area contributed by atoms with Gasteiger partial charge in [-0.1, -0.05) is 29.8 Å². The van der Waals surface area contributed by atoms with Gasteiger partial charge in [0.05, 0.1) is 11.1 Å². The monoisotopic (exact) mass is 345 g/mol. The average molecular weight is 346 g/mol. The molecular weight excluding hydrogens is 334 g/mol. The van der Waals surface area contributed by atoms with Crippen molar-refractivity contribution in [3.05, 3.63) is 64.7 Å². The van der Waals surface area contributed by atoms with Crippen LogP contribution in [0.2, 0.25) is 5.02 Å². The lowest BCUT2D eigenvalue weighted by atomic mass is 10.1. The first-order valence-electron chi connectivity index (χ1n) is 7.05. The van der Waals surface area contributed by atoms with Gasteiger partial charge in [-0.2, -0.15) is 0 Å². The molecule has 0 aliphatic carbocycles. The summed E-state index contributed by atoms with van der Waals surface area (Å²) in [7, 11) is 0. The molecule has 2 aromatic carbocycles. The number of ether oxygens (including phenoxy) is 2. The summed E-state index contributed by atoms with van der Waals surface area (Å²) in [6.07, 6.45) is 0. The molecule has 2 aromatic rings. The van der Waals surface area contributed by atoms with Crippen LogP contribution >= 0.6 is 11.6 Å². The molecule has 122 valence electrons. The number of halogens is 1. The number of benzene rings is 2. The van der Waals surface area contributed by atoms with E-state index in [-0.39, 0.29) is 6.61 Å². The van der Waals surface area contributed by atoms with Gasteiger partial charge in [-0.15, -0.1) is 0 Å². The van der Waals surface area contributed by atoms with Crippen LogP contribution in [0.15, 0.2) is 48.5 Å². The number of hydrogen-bond acceptors (Lipinski definition) is 5. The predicted molar refractivity (Wildman–Crippen MR) is 84.8 cm³/mol. The first-order chi connectivity index (χ1) is 11.6. The van der Waals surface area contributed by atoms with Gasteiger partial charge < -0.3 is 9.47 Å². The van der Waals surface area contributed by atoms with E-state index in [2.05, 4.69) is 0 Å². The van der Waals surface area contributed by atoms with Gasteiger partial charge in [0.25, 0.3) is 11.8 Å². The number of esters is 1. The van der Waals surface area contributed by atoms with Crippen LogP contribution in [0.4, 0.5) is 0 Å². The highest BCUT2D eigenvalue weighted by Gasteiger charge is 2.35. The molecule has 1 aliphatic rings. The molecule has 1 aliphatic heterocycles. The average Bonchev–Trinajstić information content (AvgIpc) is 2.83. The van der Waals surface area contributed by atoms with Gasteiger partial charge in [0, 0.05) is 5.02 Å². The van der Waals surface area contributed by atoms with Crippen molar-refractivity contribution in [1.29, 1.82) is 0 Å². The fourth-order valence-corrected chi connectivity index (χ4v) is 2.41. The van der Waals surface area contributed by atoms with E-state index >= 15 is 0 Å². The molecule has 0 aromatic heterocycles. The zero-order valence-electron chi connectivity index (χ0n) is 12.4. The minimum atomic E-state index is -0.702. The van der Waals surface area contributed by atoms with E-state index in [0.29, 0.717) is 21.9 Å². The molecule has 0 spiro atoms. The van der Waals surface area contributed by atoms with Crippen LogP contribution < -0.4 is 4.74 Å². The van der Waals surface area contributed by atoms with Crippen molar-refractivity contribution in [1.82, 2.24) is 4.90 Å². The van der Waals surface area contributed by atoms with Crippen molar-refractivity contribution in [2.24, 2.45) is 0 Å². The molecule has 0 radical (unpaired) electrons. The van der Waals surface area contributed by atoms with Crippen molar-refractivity contribution < 1.29 is 23.9 Å². The maximum Gasteiger partial charge on any atom is 0.345 e. The third-order valence-corrected chi connectivity index (χ3v) is 3.62. The van der Waals surface area contributed by atoms with E-state index < -0.39 is 24.5 Å². The predicted octanol–water partition coefficient (Wildman–Crippen LogP) is 2.52. The van der Waals surface area contributed by atoms with E-state index in [0.717, 1.165) is 4.90 Å². The van der Waals surface area contributed by atoms with E-state index in [1.165, 1.54) is 0 Å². The molecule has 0 N–H and O–H groups in total. The van der Waals surface area contributed by atoms with Crippen molar-refractivity contribution >= 4 is 29.4 Å². The van der Waals surface area contributed by atoms with Crippen LogP contribution in [-0.4, -0.2) is 36.0 Å². The van der Waals surface area contributed by atoms with Crippen LogP contribution in [0, 0.1) is 0 Å². The van der Waals surface area contributed by atoms with Gasteiger partial charge in [-0.25, -0.2) is 9.69 Å². The normalized spacial score (nSPS) is 13.0. The summed E-state index contributed by atoms with van der Waals surface area (Å²) in [5.41, 5.74) is 0.599. The Morgan fingerprint density at radius 3 is 2.29 bits per heavy atom. The lowest BCUT2D eigenvalue weighted by Crippen LogP contribution is -2.34. The maximum absolute atomic E-state index is 12.1. The molecule has 7 heteroatoms. The third kappa shape index (κ3) is 3.23. The zero-order chi connectivity index (χ0) is 17.1. The van der Waals surface area contributed by atoms with Crippen LogP contribution in [0.5, 0.6) is 5.75 Å². The quantitative estimate of drug-likeness (QED) is 0.615. The first kappa shape index (κ1) is 16.0. The van der Waals surface area contributed by atoms with E-state index in [1.54, 1.807) is 48.5 Å². The number of fused-ring (bicyclic) bond motifs is 1. The van der Waals surface area contributed by atoms with Crippen LogP contribution in [0.25, 0.3) is 0 Å². The Balaban J connectivity index is 1.54. The summed E-state index contributed by atoms with van der Waals surface area (Å²) in [5.74, 6) is -1.26. The Hall–Kier alpha value is -2.86. The highest BCUT2D eigenvalue weighted by atomic mass is 35.5. The summed E-state index contributed by atoms with van der Waals surface area (Å²) in [4.78, 5) is 36.8. The van der Waals surface area contributed by atoms with Crippen LogP contribution in [0.1, 0.15) is 20.7 Å². The molecule has 1 heterocycles.